The normalized spacial score (nSPS) is 10.3. The third-order valence-corrected chi connectivity index (χ3v) is 4.20. The molecule has 0 aliphatic rings. The SMILES string of the molecule is CCOC(=O)c1ccccc1OS(=O)(=O)[N-]C(=O)Nc1nc(I)cc(OC)n1.[Na+]. The summed E-state index contributed by atoms with van der Waals surface area (Å²) < 4.78 is 42.0. The summed E-state index contributed by atoms with van der Waals surface area (Å²) in [6, 6.07) is 5.69. The van der Waals surface area contributed by atoms with E-state index in [2.05, 4.69) is 20.0 Å². The van der Waals surface area contributed by atoms with E-state index >= 15 is 0 Å². The van der Waals surface area contributed by atoms with Crippen LogP contribution in [0.25, 0.3) is 4.72 Å². The number of methoxy groups -OCH3 is 1. The van der Waals surface area contributed by atoms with Gasteiger partial charge in [-0.3, -0.25) is 9.52 Å². The van der Waals surface area contributed by atoms with Crippen molar-refractivity contribution in [3.05, 3.63) is 44.3 Å². The van der Waals surface area contributed by atoms with E-state index in [0.29, 0.717) is 3.70 Å². The van der Waals surface area contributed by atoms with E-state index in [9.17, 15) is 18.0 Å². The van der Waals surface area contributed by atoms with Gasteiger partial charge < -0.3 is 19.0 Å². The van der Waals surface area contributed by atoms with Gasteiger partial charge >= 0.3 is 45.8 Å². The second kappa shape index (κ2) is 11.5. The van der Waals surface area contributed by atoms with Crippen molar-refractivity contribution < 1.29 is 61.2 Å². The van der Waals surface area contributed by atoms with Gasteiger partial charge in [-0.1, -0.05) is 12.1 Å². The zero-order valence-corrected chi connectivity index (χ0v) is 20.6. The van der Waals surface area contributed by atoms with E-state index in [1.54, 1.807) is 6.92 Å². The summed E-state index contributed by atoms with van der Waals surface area (Å²) in [5.41, 5.74) is -0.130. The molecule has 1 aromatic carbocycles. The number of ether oxygens (including phenoxy) is 2. The van der Waals surface area contributed by atoms with E-state index < -0.39 is 22.3 Å². The molecule has 0 bridgehead atoms. The van der Waals surface area contributed by atoms with Gasteiger partial charge in [-0.05, 0) is 41.6 Å². The van der Waals surface area contributed by atoms with Crippen molar-refractivity contribution in [2.75, 3.05) is 19.0 Å². The number of urea groups is 1. The summed E-state index contributed by atoms with van der Waals surface area (Å²) in [6.45, 7) is 1.69. The number of rotatable bonds is 7. The number of carbonyl (C=O) groups excluding carboxylic acids is 2. The average molecular weight is 544 g/mol. The predicted molar refractivity (Wildman–Crippen MR) is 106 cm³/mol. The summed E-state index contributed by atoms with van der Waals surface area (Å²) >= 11 is 1.86. The number of amides is 2. The first-order valence-electron chi connectivity index (χ1n) is 7.57. The summed E-state index contributed by atoms with van der Waals surface area (Å²) in [4.78, 5) is 31.5. The van der Waals surface area contributed by atoms with Gasteiger partial charge in [0, 0.05) is 6.07 Å². The standard InChI is InChI=1S/C15H15IN4O7S.Na/c1-3-26-13(21)9-6-4-5-7-10(9)27-28(23,24)20-15(22)19-14-17-11(16)8-12(18-14)25-2;/h4-8H,3H2,1-2H3,(H2,17,18,19,20,22);/q;+1/p-1. The summed E-state index contributed by atoms with van der Waals surface area (Å²) in [7, 11) is -3.37. The maximum absolute atomic E-state index is 12.1. The number of anilines is 1. The minimum atomic E-state index is -4.73. The number of nitrogens with zero attached hydrogens (tertiary/aromatic N) is 3. The van der Waals surface area contributed by atoms with Gasteiger partial charge in [0.05, 0.1) is 13.7 Å². The van der Waals surface area contributed by atoms with Crippen molar-refractivity contribution in [1.82, 2.24) is 9.97 Å². The van der Waals surface area contributed by atoms with Crippen LogP contribution in [0.15, 0.2) is 30.3 Å². The zero-order valence-electron chi connectivity index (χ0n) is 15.6. The molecule has 1 aromatic heterocycles. The topological polar surface area (TPSA) is 148 Å². The van der Waals surface area contributed by atoms with Gasteiger partial charge in [0.1, 0.15) is 15.2 Å². The first-order valence-corrected chi connectivity index (χ1v) is 10.0. The third kappa shape index (κ3) is 7.93. The van der Waals surface area contributed by atoms with E-state index in [4.69, 9.17) is 13.7 Å². The third-order valence-electron chi connectivity index (χ3n) is 2.87. The van der Waals surface area contributed by atoms with Gasteiger partial charge in [0.2, 0.25) is 5.88 Å². The van der Waals surface area contributed by atoms with Crippen LogP contribution >= 0.6 is 22.6 Å². The molecule has 0 fully saturated rings. The second-order valence-corrected chi connectivity index (χ2v) is 7.12. The Morgan fingerprint density at radius 2 is 1.93 bits per heavy atom. The van der Waals surface area contributed by atoms with Crippen molar-refractivity contribution in [3.8, 4) is 11.6 Å². The summed E-state index contributed by atoms with van der Waals surface area (Å²) in [6.07, 6.45) is 0. The summed E-state index contributed by atoms with van der Waals surface area (Å²) in [5.74, 6) is -1.15. The minimum Gasteiger partial charge on any atom is -0.481 e. The Morgan fingerprint density at radius 1 is 1.24 bits per heavy atom. The fraction of sp³-hybridized carbons (Fsp3) is 0.200. The average Bonchev–Trinajstić information content (AvgIpc) is 2.60. The van der Waals surface area contributed by atoms with E-state index in [0.717, 1.165) is 0 Å². The second-order valence-electron chi connectivity index (χ2n) is 4.81. The van der Waals surface area contributed by atoms with E-state index in [1.807, 2.05) is 22.6 Å². The molecule has 11 nitrogen and oxygen atoms in total. The smallest absolute Gasteiger partial charge is 0.481 e. The molecular formula is C15H14IN4NaO7S. The Bertz CT molecular complexity index is 990. The first kappa shape index (κ1) is 25.4. The van der Waals surface area contributed by atoms with Crippen molar-refractivity contribution in [1.29, 1.82) is 0 Å². The molecule has 0 aliphatic carbocycles. The molecule has 2 amide bonds. The van der Waals surface area contributed by atoms with Crippen LogP contribution in [0, 0.1) is 3.70 Å². The molecule has 150 valence electrons. The maximum atomic E-state index is 12.1. The van der Waals surface area contributed by atoms with Gasteiger partial charge in [0.25, 0.3) is 0 Å². The van der Waals surface area contributed by atoms with Crippen LogP contribution in [0.3, 0.4) is 0 Å². The zero-order chi connectivity index (χ0) is 20.7. The number of para-hydroxylation sites is 1. The maximum Gasteiger partial charge on any atom is 1.00 e. The van der Waals surface area contributed by atoms with Crippen molar-refractivity contribution in [2.24, 2.45) is 0 Å². The number of hydrogen-bond donors (Lipinski definition) is 1. The van der Waals surface area contributed by atoms with Crippen LogP contribution in [0.4, 0.5) is 10.7 Å². The quantitative estimate of drug-likeness (QED) is 0.211. The molecule has 0 radical (unpaired) electrons. The van der Waals surface area contributed by atoms with E-state index in [1.165, 1.54) is 37.4 Å². The fourth-order valence-electron chi connectivity index (χ4n) is 1.83. The fourth-order valence-corrected chi connectivity index (χ4v) is 2.98. The van der Waals surface area contributed by atoms with Crippen LogP contribution in [-0.4, -0.2) is 44.1 Å². The Labute approximate surface area is 202 Å². The molecule has 0 spiro atoms. The number of carbonyl (C=O) groups is 2. The van der Waals surface area contributed by atoms with Crippen LogP contribution in [0.2, 0.25) is 0 Å². The van der Waals surface area contributed by atoms with Crippen LogP contribution < -0.4 is 43.8 Å². The number of nitrogens with one attached hydrogen (secondary N) is 1. The number of halogens is 1. The Hall–Kier alpha value is -1.68. The Morgan fingerprint density at radius 3 is 2.59 bits per heavy atom. The number of aromatic nitrogens is 2. The van der Waals surface area contributed by atoms with Gasteiger partial charge in [-0.15, -0.1) is 0 Å². The molecule has 0 saturated heterocycles. The van der Waals surface area contributed by atoms with Crippen molar-refractivity contribution in [3.63, 3.8) is 0 Å². The number of hydrogen-bond acceptors (Lipinski definition) is 9. The minimum absolute atomic E-state index is 0. The molecular weight excluding hydrogens is 530 g/mol. The first-order chi connectivity index (χ1) is 13.2. The molecule has 14 heteroatoms. The molecule has 29 heavy (non-hydrogen) atoms. The van der Waals surface area contributed by atoms with Crippen LogP contribution in [0.5, 0.6) is 11.6 Å². The molecule has 0 aliphatic heterocycles. The monoisotopic (exact) mass is 544 g/mol. The molecule has 0 unspecified atom stereocenters. The van der Waals surface area contributed by atoms with E-state index in [-0.39, 0.29) is 59.3 Å². The molecule has 2 rings (SSSR count). The number of benzene rings is 1. The van der Waals surface area contributed by atoms with Crippen LogP contribution in [0.1, 0.15) is 17.3 Å². The van der Waals surface area contributed by atoms with Gasteiger partial charge in [-0.2, -0.15) is 13.4 Å². The number of esters is 1. The predicted octanol–water partition coefficient (Wildman–Crippen LogP) is -0.500. The van der Waals surface area contributed by atoms with Crippen molar-refractivity contribution in [2.45, 2.75) is 6.92 Å². The van der Waals surface area contributed by atoms with Gasteiger partial charge in [0.15, 0.2) is 11.8 Å². The van der Waals surface area contributed by atoms with Crippen molar-refractivity contribution >= 4 is 50.8 Å². The molecule has 1 N–H and O–H groups in total. The van der Waals surface area contributed by atoms with Crippen LogP contribution in [-0.2, 0) is 15.0 Å². The largest absolute Gasteiger partial charge is 1.00 e. The molecule has 2 aromatic rings. The Balaban J connectivity index is 0.00000420. The Kier molecular flexibility index (Phi) is 10.0. The molecule has 1 heterocycles. The molecule has 0 saturated carbocycles. The molecule has 0 atom stereocenters. The summed E-state index contributed by atoms with van der Waals surface area (Å²) in [5, 5.41) is 2.09. The van der Waals surface area contributed by atoms with Gasteiger partial charge in [-0.25, -0.2) is 9.78 Å².